The maximum atomic E-state index is 14.1. The summed E-state index contributed by atoms with van der Waals surface area (Å²) in [5, 5.41) is 2.76. The van der Waals surface area contributed by atoms with Gasteiger partial charge in [-0.2, -0.15) is 13.2 Å². The number of benzene rings is 2. The van der Waals surface area contributed by atoms with E-state index in [1.165, 1.54) is 42.3 Å². The van der Waals surface area contributed by atoms with Gasteiger partial charge in [-0.3, -0.25) is 9.59 Å². The Morgan fingerprint density at radius 3 is 2.56 bits per heavy atom. The van der Waals surface area contributed by atoms with Gasteiger partial charge in [0, 0.05) is 39.3 Å². The number of nitrogens with zero attached hydrogens (tertiary/aromatic N) is 1. The molecule has 32 heavy (non-hydrogen) atoms. The predicted octanol–water partition coefficient (Wildman–Crippen LogP) is 3.85. The third-order valence-corrected chi connectivity index (χ3v) is 5.51. The topological polar surface area (TPSA) is 58.6 Å². The highest BCUT2D eigenvalue weighted by atomic mass is 19.4. The highest BCUT2D eigenvalue weighted by Crippen LogP contribution is 2.37. The maximum absolute atomic E-state index is 14.1. The third kappa shape index (κ3) is 5.45. The van der Waals surface area contributed by atoms with Crippen molar-refractivity contribution in [2.75, 3.05) is 33.4 Å². The Morgan fingerprint density at radius 1 is 1.12 bits per heavy atom. The van der Waals surface area contributed by atoms with Crippen LogP contribution in [-0.4, -0.2) is 50.1 Å². The molecule has 1 N–H and O–H groups in total. The Hall–Kier alpha value is -2.94. The van der Waals surface area contributed by atoms with Crippen LogP contribution in [0.3, 0.4) is 0 Å². The van der Waals surface area contributed by atoms with Crippen molar-refractivity contribution in [2.45, 2.75) is 18.5 Å². The number of amides is 2. The molecule has 1 aliphatic rings. The molecule has 172 valence electrons. The first-order chi connectivity index (χ1) is 15.2. The standard InChI is InChI=1S/C23H24F4N2O3/c1-32-11-5-10-28-21(30)19-14-29(22(31)17-8-2-3-9-20(17)24)13-18(19)15-6-4-7-16(12-15)23(25,26)27/h2-4,6-9,12,18-19H,5,10-11,13-14H2,1H3,(H,28,30)/t18-,19+/m0/s1. The second kappa shape index (κ2) is 10.1. The smallest absolute Gasteiger partial charge is 0.385 e. The molecule has 2 atom stereocenters. The van der Waals surface area contributed by atoms with Crippen LogP contribution in [-0.2, 0) is 15.7 Å². The van der Waals surface area contributed by atoms with Gasteiger partial charge in [-0.15, -0.1) is 0 Å². The molecule has 9 heteroatoms. The fourth-order valence-electron chi connectivity index (χ4n) is 3.88. The average molecular weight is 452 g/mol. The zero-order valence-electron chi connectivity index (χ0n) is 17.5. The zero-order chi connectivity index (χ0) is 23.3. The summed E-state index contributed by atoms with van der Waals surface area (Å²) in [7, 11) is 1.54. The number of ether oxygens (including phenoxy) is 1. The van der Waals surface area contributed by atoms with Gasteiger partial charge in [0.2, 0.25) is 5.91 Å². The molecule has 0 saturated carbocycles. The van der Waals surface area contributed by atoms with Crippen LogP contribution < -0.4 is 5.32 Å². The molecular formula is C23H24F4N2O3. The van der Waals surface area contributed by atoms with Gasteiger partial charge in [-0.25, -0.2) is 4.39 Å². The van der Waals surface area contributed by atoms with E-state index in [9.17, 15) is 27.2 Å². The van der Waals surface area contributed by atoms with E-state index in [0.29, 0.717) is 25.1 Å². The monoisotopic (exact) mass is 452 g/mol. The molecule has 1 fully saturated rings. The van der Waals surface area contributed by atoms with E-state index in [1.807, 2.05) is 0 Å². The van der Waals surface area contributed by atoms with E-state index in [2.05, 4.69) is 5.32 Å². The number of hydrogen-bond donors (Lipinski definition) is 1. The number of hydrogen-bond acceptors (Lipinski definition) is 3. The zero-order valence-corrected chi connectivity index (χ0v) is 17.5. The van der Waals surface area contributed by atoms with E-state index < -0.39 is 35.3 Å². The summed E-state index contributed by atoms with van der Waals surface area (Å²) in [5.74, 6) is -3.09. The molecule has 0 unspecified atom stereocenters. The highest BCUT2D eigenvalue weighted by molar-refractivity contribution is 5.95. The summed E-state index contributed by atoms with van der Waals surface area (Å²) in [6.45, 7) is 0.758. The molecule has 3 rings (SSSR count). The number of alkyl halides is 3. The van der Waals surface area contributed by atoms with E-state index >= 15 is 0 Å². The fourth-order valence-corrected chi connectivity index (χ4v) is 3.88. The molecule has 2 aromatic carbocycles. The first-order valence-electron chi connectivity index (χ1n) is 10.2. The average Bonchev–Trinajstić information content (AvgIpc) is 3.22. The normalized spacial score (nSPS) is 18.6. The van der Waals surface area contributed by atoms with Gasteiger partial charge in [0.1, 0.15) is 5.82 Å². The molecule has 0 radical (unpaired) electrons. The SMILES string of the molecule is COCCCNC(=O)[C@@H]1CN(C(=O)c2ccccc2F)C[C@H]1c1cccc(C(F)(F)F)c1. The summed E-state index contributed by atoms with van der Waals surface area (Å²) in [6.07, 6.45) is -3.96. The van der Waals surface area contributed by atoms with Crippen LogP contribution >= 0.6 is 0 Å². The van der Waals surface area contributed by atoms with Crippen molar-refractivity contribution in [3.8, 4) is 0 Å². The lowest BCUT2D eigenvalue weighted by Crippen LogP contribution is -2.36. The second-order valence-electron chi connectivity index (χ2n) is 7.66. The van der Waals surface area contributed by atoms with Gasteiger partial charge in [0.25, 0.3) is 5.91 Å². The molecule has 1 aliphatic heterocycles. The maximum Gasteiger partial charge on any atom is 0.416 e. The van der Waals surface area contributed by atoms with Crippen LogP contribution in [0.15, 0.2) is 48.5 Å². The van der Waals surface area contributed by atoms with Crippen molar-refractivity contribution in [3.63, 3.8) is 0 Å². The van der Waals surface area contributed by atoms with Crippen molar-refractivity contribution in [1.82, 2.24) is 10.2 Å². The van der Waals surface area contributed by atoms with E-state index in [-0.39, 0.29) is 24.6 Å². The summed E-state index contributed by atoms with van der Waals surface area (Å²) in [5.41, 5.74) is -0.662. The van der Waals surface area contributed by atoms with Crippen molar-refractivity contribution in [1.29, 1.82) is 0 Å². The molecule has 2 aromatic rings. The number of carbonyl (C=O) groups is 2. The number of methoxy groups -OCH3 is 1. The molecule has 0 aliphatic carbocycles. The molecule has 0 bridgehead atoms. The lowest BCUT2D eigenvalue weighted by atomic mass is 9.87. The number of halogens is 4. The molecule has 0 aromatic heterocycles. The quantitative estimate of drug-likeness (QED) is 0.513. The summed E-state index contributed by atoms with van der Waals surface area (Å²) in [6, 6.07) is 10.2. The van der Waals surface area contributed by atoms with Crippen LogP contribution in [0.5, 0.6) is 0 Å². The van der Waals surface area contributed by atoms with Crippen molar-refractivity contribution in [2.24, 2.45) is 5.92 Å². The van der Waals surface area contributed by atoms with Crippen LogP contribution in [0.2, 0.25) is 0 Å². The number of nitrogens with one attached hydrogen (secondary N) is 1. The fraction of sp³-hybridized carbons (Fsp3) is 0.391. The number of carbonyl (C=O) groups excluding carboxylic acids is 2. The minimum atomic E-state index is -4.53. The summed E-state index contributed by atoms with van der Waals surface area (Å²) >= 11 is 0. The van der Waals surface area contributed by atoms with Gasteiger partial charge in [-0.1, -0.05) is 30.3 Å². The molecular weight excluding hydrogens is 428 g/mol. The van der Waals surface area contributed by atoms with Crippen molar-refractivity contribution < 1.29 is 31.9 Å². The Balaban J connectivity index is 1.87. The number of likely N-dealkylation sites (tertiary alicyclic amines) is 1. The van der Waals surface area contributed by atoms with Crippen LogP contribution in [0, 0.1) is 11.7 Å². The lowest BCUT2D eigenvalue weighted by Gasteiger charge is -2.19. The summed E-state index contributed by atoms with van der Waals surface area (Å²) < 4.78 is 58.7. The molecule has 1 saturated heterocycles. The van der Waals surface area contributed by atoms with Gasteiger partial charge in [0.05, 0.1) is 17.0 Å². The Kier molecular flexibility index (Phi) is 7.50. The Bertz CT molecular complexity index is 964. The Morgan fingerprint density at radius 2 is 1.88 bits per heavy atom. The lowest BCUT2D eigenvalue weighted by molar-refractivity contribution is -0.137. The molecule has 5 nitrogen and oxygen atoms in total. The van der Waals surface area contributed by atoms with Crippen LogP contribution in [0.4, 0.5) is 17.6 Å². The first kappa shape index (κ1) is 23.7. The minimum Gasteiger partial charge on any atom is -0.385 e. The molecule has 1 heterocycles. The van der Waals surface area contributed by atoms with Gasteiger partial charge < -0.3 is 15.0 Å². The van der Waals surface area contributed by atoms with Crippen molar-refractivity contribution >= 4 is 11.8 Å². The van der Waals surface area contributed by atoms with Gasteiger partial charge in [-0.05, 0) is 30.2 Å². The van der Waals surface area contributed by atoms with E-state index in [4.69, 9.17) is 4.74 Å². The number of rotatable bonds is 7. The van der Waals surface area contributed by atoms with E-state index in [0.717, 1.165) is 18.2 Å². The van der Waals surface area contributed by atoms with Crippen molar-refractivity contribution in [3.05, 3.63) is 71.0 Å². The van der Waals surface area contributed by atoms with Gasteiger partial charge >= 0.3 is 6.18 Å². The highest BCUT2D eigenvalue weighted by Gasteiger charge is 2.41. The Labute approximate surface area is 183 Å². The predicted molar refractivity (Wildman–Crippen MR) is 109 cm³/mol. The largest absolute Gasteiger partial charge is 0.416 e. The van der Waals surface area contributed by atoms with Gasteiger partial charge in [0.15, 0.2) is 0 Å². The molecule has 2 amide bonds. The summed E-state index contributed by atoms with van der Waals surface area (Å²) in [4.78, 5) is 27.1. The first-order valence-corrected chi connectivity index (χ1v) is 10.2. The second-order valence-corrected chi connectivity index (χ2v) is 7.66. The van der Waals surface area contributed by atoms with E-state index in [1.54, 1.807) is 0 Å². The third-order valence-electron chi connectivity index (χ3n) is 5.51. The van der Waals surface area contributed by atoms with Crippen LogP contribution in [0.25, 0.3) is 0 Å². The van der Waals surface area contributed by atoms with Crippen LogP contribution in [0.1, 0.15) is 33.8 Å². The minimum absolute atomic E-state index is 0.00460. The molecule has 0 spiro atoms.